The highest BCUT2D eigenvalue weighted by molar-refractivity contribution is 5.48. The molecule has 9 heteroatoms. The Bertz CT molecular complexity index is 1270. The molecule has 0 radical (unpaired) electrons. The van der Waals surface area contributed by atoms with Crippen LogP contribution in [-0.4, -0.2) is 22.6 Å². The second-order valence-electron chi connectivity index (χ2n) is 7.54. The highest BCUT2D eigenvalue weighted by atomic mass is 19.2. The van der Waals surface area contributed by atoms with Crippen LogP contribution in [0.2, 0.25) is 0 Å². The summed E-state index contributed by atoms with van der Waals surface area (Å²) < 4.78 is 39.3. The van der Waals surface area contributed by atoms with Crippen molar-refractivity contribution >= 4 is 5.82 Å². The Morgan fingerprint density at radius 2 is 2.00 bits per heavy atom. The largest absolute Gasteiger partial charge is 0.473 e. The first kappa shape index (κ1) is 21.3. The van der Waals surface area contributed by atoms with Crippen molar-refractivity contribution in [3.8, 4) is 23.4 Å². The molecule has 32 heavy (non-hydrogen) atoms. The van der Waals surface area contributed by atoms with Gasteiger partial charge < -0.3 is 14.4 Å². The van der Waals surface area contributed by atoms with Crippen LogP contribution in [0.4, 0.5) is 14.6 Å². The molecule has 1 aliphatic heterocycles. The van der Waals surface area contributed by atoms with E-state index in [0.29, 0.717) is 18.2 Å². The van der Waals surface area contributed by atoms with Gasteiger partial charge in [0.2, 0.25) is 5.88 Å². The molecule has 164 valence electrons. The topological polar surface area (TPSA) is 80.4 Å². The van der Waals surface area contributed by atoms with Gasteiger partial charge >= 0.3 is 5.69 Å². The molecule has 0 N–H and O–H groups in total. The zero-order valence-corrected chi connectivity index (χ0v) is 17.5. The first-order valence-electron chi connectivity index (χ1n) is 9.99. The Morgan fingerprint density at radius 1 is 1.19 bits per heavy atom. The fraction of sp³-hybridized carbons (Fsp3) is 0.261. The quantitative estimate of drug-likeness (QED) is 0.599. The Labute approximate surface area is 183 Å². The van der Waals surface area contributed by atoms with E-state index >= 15 is 0 Å². The molecule has 4 rings (SSSR count). The van der Waals surface area contributed by atoms with E-state index < -0.39 is 11.6 Å². The Balaban J connectivity index is 1.51. The lowest BCUT2D eigenvalue weighted by atomic mass is 10.1. The summed E-state index contributed by atoms with van der Waals surface area (Å²) in [6.45, 7) is 2.77. The maximum absolute atomic E-state index is 13.4. The highest BCUT2D eigenvalue weighted by Gasteiger charge is 2.22. The zero-order valence-electron chi connectivity index (χ0n) is 17.5. The molecule has 2 aromatic carbocycles. The van der Waals surface area contributed by atoms with Crippen LogP contribution >= 0.6 is 0 Å². The van der Waals surface area contributed by atoms with E-state index in [1.54, 1.807) is 28.8 Å². The van der Waals surface area contributed by atoms with Gasteiger partial charge in [-0.2, -0.15) is 10.2 Å². The van der Waals surface area contributed by atoms with E-state index in [1.807, 2.05) is 18.0 Å². The van der Waals surface area contributed by atoms with Crippen molar-refractivity contribution in [2.75, 3.05) is 11.9 Å². The van der Waals surface area contributed by atoms with E-state index in [9.17, 15) is 18.8 Å². The molecule has 0 saturated carbocycles. The molecule has 0 spiro atoms. The average Bonchev–Trinajstić information content (AvgIpc) is 2.78. The van der Waals surface area contributed by atoms with Gasteiger partial charge in [-0.3, -0.25) is 4.57 Å². The van der Waals surface area contributed by atoms with Gasteiger partial charge in [0.25, 0.3) is 0 Å². The van der Waals surface area contributed by atoms with Gasteiger partial charge in [0.15, 0.2) is 11.6 Å². The summed E-state index contributed by atoms with van der Waals surface area (Å²) in [6.07, 6.45) is 0.862. The Kier molecular flexibility index (Phi) is 5.77. The van der Waals surface area contributed by atoms with Gasteiger partial charge in [-0.1, -0.05) is 6.07 Å². The molecule has 0 fully saturated rings. The van der Waals surface area contributed by atoms with Gasteiger partial charge in [-0.15, -0.1) is 0 Å². The molecule has 0 bridgehead atoms. The molecule has 0 unspecified atom stereocenters. The molecule has 0 saturated heterocycles. The number of ether oxygens (including phenoxy) is 2. The summed E-state index contributed by atoms with van der Waals surface area (Å²) in [7, 11) is 1.92. The fourth-order valence-corrected chi connectivity index (χ4v) is 3.45. The number of hydrogen-bond donors (Lipinski definition) is 0. The summed E-state index contributed by atoms with van der Waals surface area (Å²) in [6, 6.07) is 12.0. The molecule has 3 aromatic rings. The molecule has 7 nitrogen and oxygen atoms in total. The minimum absolute atomic E-state index is 0.0708. The molecular formula is C23H20F2N4O3. The lowest BCUT2D eigenvalue weighted by Gasteiger charge is -2.34. The molecule has 1 aromatic heterocycles. The predicted molar refractivity (Wildman–Crippen MR) is 113 cm³/mol. The molecule has 0 amide bonds. The van der Waals surface area contributed by atoms with Crippen LogP contribution in [0.5, 0.6) is 17.4 Å². The number of benzene rings is 2. The Hall–Kier alpha value is -3.93. The van der Waals surface area contributed by atoms with Crippen molar-refractivity contribution in [3.63, 3.8) is 0 Å². The summed E-state index contributed by atoms with van der Waals surface area (Å²) in [5.74, 6) is -0.819. The van der Waals surface area contributed by atoms with Gasteiger partial charge in [-0.05, 0) is 43.2 Å². The number of halogens is 2. The van der Waals surface area contributed by atoms with Crippen molar-refractivity contribution in [1.29, 1.82) is 5.26 Å². The number of hydrogen-bond acceptors (Lipinski definition) is 6. The second-order valence-corrected chi connectivity index (χ2v) is 7.54. The Morgan fingerprint density at radius 3 is 2.75 bits per heavy atom. The van der Waals surface area contributed by atoms with Gasteiger partial charge in [0, 0.05) is 31.8 Å². The van der Waals surface area contributed by atoms with Crippen LogP contribution in [0.1, 0.15) is 24.5 Å². The number of fused-ring (bicyclic) bond motifs is 1. The number of rotatable bonds is 5. The number of nitriles is 1. The van der Waals surface area contributed by atoms with Crippen LogP contribution in [0.3, 0.4) is 0 Å². The first-order valence-corrected chi connectivity index (χ1v) is 9.99. The summed E-state index contributed by atoms with van der Waals surface area (Å²) in [5, 5.41) is 9.46. The van der Waals surface area contributed by atoms with Crippen molar-refractivity contribution in [1.82, 2.24) is 9.55 Å². The third-order valence-electron chi connectivity index (χ3n) is 5.43. The van der Waals surface area contributed by atoms with E-state index in [4.69, 9.17) is 9.47 Å². The van der Waals surface area contributed by atoms with Crippen molar-refractivity contribution in [2.45, 2.75) is 32.5 Å². The molecular weight excluding hydrogens is 418 g/mol. The predicted octanol–water partition coefficient (Wildman–Crippen LogP) is 3.99. The van der Waals surface area contributed by atoms with E-state index in [1.165, 1.54) is 6.07 Å². The monoisotopic (exact) mass is 438 g/mol. The van der Waals surface area contributed by atoms with E-state index in [-0.39, 0.29) is 35.2 Å². The minimum Gasteiger partial charge on any atom is -0.473 e. The maximum Gasteiger partial charge on any atom is 0.352 e. The van der Waals surface area contributed by atoms with Crippen LogP contribution in [0.25, 0.3) is 0 Å². The van der Waals surface area contributed by atoms with Crippen molar-refractivity contribution in [3.05, 3.63) is 75.7 Å². The van der Waals surface area contributed by atoms with Gasteiger partial charge in [0.1, 0.15) is 30.0 Å². The lowest BCUT2D eigenvalue weighted by Crippen LogP contribution is -2.41. The molecule has 0 aliphatic carbocycles. The van der Waals surface area contributed by atoms with Crippen molar-refractivity contribution < 1.29 is 18.3 Å². The van der Waals surface area contributed by atoms with E-state index in [0.717, 1.165) is 24.4 Å². The molecule has 1 aliphatic rings. The lowest BCUT2D eigenvalue weighted by molar-refractivity contribution is 0.289. The zero-order chi connectivity index (χ0) is 22.8. The first-order chi connectivity index (χ1) is 15.4. The molecule has 1 atom stereocenters. The van der Waals surface area contributed by atoms with E-state index in [2.05, 4.69) is 11.9 Å². The SMILES string of the molecule is C[C@@H]1CCn2c(cc(OCc3ccc(Oc4ccc(F)c(F)c4)c(C#N)c3)nc2=O)N1C. The minimum atomic E-state index is -1.04. The standard InChI is InChI=1S/C23H20F2N4O3/c1-14-7-8-29-22(28(14)2)11-21(27-23(29)30)31-13-15-3-6-20(16(9-15)12-26)32-17-4-5-18(24)19(25)10-17/h3-6,9-11,14H,7-8,13H2,1-2H3/t14-/m1/s1. The molecule has 2 heterocycles. The fourth-order valence-electron chi connectivity index (χ4n) is 3.45. The number of aromatic nitrogens is 2. The highest BCUT2D eigenvalue weighted by Crippen LogP contribution is 2.28. The number of anilines is 1. The van der Waals surface area contributed by atoms with Crippen LogP contribution in [-0.2, 0) is 13.2 Å². The normalized spacial score (nSPS) is 15.1. The van der Waals surface area contributed by atoms with Gasteiger partial charge in [0.05, 0.1) is 5.56 Å². The second kappa shape index (κ2) is 8.67. The smallest absolute Gasteiger partial charge is 0.352 e. The maximum atomic E-state index is 13.4. The van der Waals surface area contributed by atoms with Crippen LogP contribution in [0, 0.1) is 23.0 Å². The van der Waals surface area contributed by atoms with Crippen LogP contribution < -0.4 is 20.1 Å². The van der Waals surface area contributed by atoms with Crippen LogP contribution in [0.15, 0.2) is 47.3 Å². The van der Waals surface area contributed by atoms with Crippen molar-refractivity contribution in [2.24, 2.45) is 0 Å². The number of nitrogens with zero attached hydrogens (tertiary/aromatic N) is 4. The average molecular weight is 438 g/mol. The third-order valence-corrected chi connectivity index (χ3v) is 5.43. The summed E-state index contributed by atoms with van der Waals surface area (Å²) in [4.78, 5) is 18.4. The summed E-state index contributed by atoms with van der Waals surface area (Å²) >= 11 is 0. The third kappa shape index (κ3) is 4.25. The van der Waals surface area contributed by atoms with Gasteiger partial charge in [-0.25, -0.2) is 13.6 Å². The summed E-state index contributed by atoms with van der Waals surface area (Å²) in [5.41, 5.74) is 0.479.